The van der Waals surface area contributed by atoms with Crippen molar-refractivity contribution in [3.8, 4) is 5.75 Å². The number of ether oxygens (including phenoxy) is 2. The number of anilines is 1. The molecule has 0 spiro atoms. The molecule has 0 aliphatic rings. The van der Waals surface area contributed by atoms with E-state index in [0.717, 1.165) is 21.3 Å². The molecule has 132 valence electrons. The highest BCUT2D eigenvalue weighted by Gasteiger charge is 2.09. The molecule has 2 aromatic carbocycles. The van der Waals surface area contributed by atoms with Gasteiger partial charge in [0, 0.05) is 10.2 Å². The highest BCUT2D eigenvalue weighted by Crippen LogP contribution is 2.18. The summed E-state index contributed by atoms with van der Waals surface area (Å²) in [5, 5.41) is 2.74. The topological polar surface area (TPSA) is 64.6 Å². The average Bonchev–Trinajstić information content (AvgIpc) is 2.56. The molecule has 0 bridgehead atoms. The summed E-state index contributed by atoms with van der Waals surface area (Å²) in [6.45, 7) is 3.72. The van der Waals surface area contributed by atoms with Crippen LogP contribution in [-0.2, 0) is 14.3 Å². The molecule has 0 heterocycles. The van der Waals surface area contributed by atoms with E-state index in [1.165, 1.54) is 0 Å². The Labute approximate surface area is 155 Å². The van der Waals surface area contributed by atoms with Crippen LogP contribution in [-0.4, -0.2) is 25.1 Å². The van der Waals surface area contributed by atoms with Gasteiger partial charge in [-0.05, 0) is 49.2 Å². The summed E-state index contributed by atoms with van der Waals surface area (Å²) in [5.41, 5.74) is 2.72. The Bertz CT molecular complexity index is 761. The Morgan fingerprint density at radius 3 is 2.68 bits per heavy atom. The van der Waals surface area contributed by atoms with Gasteiger partial charge in [-0.2, -0.15) is 0 Å². The maximum absolute atomic E-state index is 11.9. The number of amides is 1. The maximum Gasteiger partial charge on any atom is 0.309 e. The summed E-state index contributed by atoms with van der Waals surface area (Å²) >= 11 is 3.34. The maximum atomic E-state index is 11.9. The Hall–Kier alpha value is -2.34. The molecule has 0 aliphatic heterocycles. The summed E-state index contributed by atoms with van der Waals surface area (Å²) < 4.78 is 11.3. The van der Waals surface area contributed by atoms with Gasteiger partial charge in [-0.3, -0.25) is 9.59 Å². The molecule has 1 amide bonds. The van der Waals surface area contributed by atoms with E-state index in [0.29, 0.717) is 5.75 Å². The van der Waals surface area contributed by atoms with Gasteiger partial charge in [-0.25, -0.2) is 0 Å². The van der Waals surface area contributed by atoms with Gasteiger partial charge in [0.2, 0.25) is 0 Å². The molecule has 5 nitrogen and oxygen atoms in total. The first-order chi connectivity index (χ1) is 11.9. The smallest absolute Gasteiger partial charge is 0.309 e. The molecule has 0 unspecified atom stereocenters. The number of rotatable bonds is 7. The van der Waals surface area contributed by atoms with Crippen molar-refractivity contribution in [2.24, 2.45) is 0 Å². The predicted octanol–water partition coefficient (Wildman–Crippen LogP) is 4.02. The molecule has 0 aromatic heterocycles. The molecule has 25 heavy (non-hydrogen) atoms. The van der Waals surface area contributed by atoms with E-state index >= 15 is 0 Å². The second-order valence-electron chi connectivity index (χ2n) is 5.58. The molecule has 0 fully saturated rings. The zero-order valence-electron chi connectivity index (χ0n) is 14.2. The third-order valence-corrected chi connectivity index (χ3v) is 3.90. The van der Waals surface area contributed by atoms with Crippen molar-refractivity contribution in [1.29, 1.82) is 0 Å². The molecule has 0 saturated carbocycles. The van der Waals surface area contributed by atoms with Crippen LogP contribution in [0.1, 0.15) is 17.5 Å². The van der Waals surface area contributed by atoms with Gasteiger partial charge >= 0.3 is 5.97 Å². The Morgan fingerprint density at radius 1 is 1.12 bits per heavy atom. The zero-order valence-corrected chi connectivity index (χ0v) is 15.8. The number of benzene rings is 2. The Morgan fingerprint density at radius 2 is 1.92 bits per heavy atom. The van der Waals surface area contributed by atoms with Crippen molar-refractivity contribution in [3.05, 3.63) is 58.1 Å². The average molecular weight is 406 g/mol. The van der Waals surface area contributed by atoms with Crippen molar-refractivity contribution >= 4 is 33.5 Å². The van der Waals surface area contributed by atoms with E-state index < -0.39 is 5.97 Å². The number of hydrogen-bond donors (Lipinski definition) is 1. The quantitative estimate of drug-likeness (QED) is 0.706. The van der Waals surface area contributed by atoms with Gasteiger partial charge in [-0.1, -0.05) is 34.1 Å². The van der Waals surface area contributed by atoms with E-state index in [1.807, 2.05) is 50.2 Å². The van der Waals surface area contributed by atoms with Crippen LogP contribution in [0.25, 0.3) is 0 Å². The second kappa shape index (κ2) is 9.22. The van der Waals surface area contributed by atoms with Gasteiger partial charge in [0.25, 0.3) is 5.91 Å². The third kappa shape index (κ3) is 6.58. The van der Waals surface area contributed by atoms with E-state index in [1.54, 1.807) is 6.07 Å². The van der Waals surface area contributed by atoms with Gasteiger partial charge in [0.05, 0.1) is 13.0 Å². The van der Waals surface area contributed by atoms with Gasteiger partial charge in [-0.15, -0.1) is 0 Å². The minimum Gasteiger partial charge on any atom is -0.493 e. The molecule has 1 N–H and O–H groups in total. The standard InChI is InChI=1S/C19H20BrNO4/c1-13-6-7-14(2)17(10-13)21-18(22)12-25-19(23)8-9-24-16-5-3-4-15(20)11-16/h3-7,10-11H,8-9,12H2,1-2H3,(H,21,22). The number of hydrogen-bond acceptors (Lipinski definition) is 4. The first-order valence-electron chi connectivity index (χ1n) is 7.85. The van der Waals surface area contributed by atoms with Gasteiger partial charge < -0.3 is 14.8 Å². The summed E-state index contributed by atoms with van der Waals surface area (Å²) in [5.74, 6) is -0.184. The van der Waals surface area contributed by atoms with Crippen molar-refractivity contribution in [2.45, 2.75) is 20.3 Å². The molecular formula is C19H20BrNO4. The number of nitrogens with one attached hydrogen (secondary N) is 1. The van der Waals surface area contributed by atoms with Crippen LogP contribution in [0.5, 0.6) is 5.75 Å². The molecule has 0 radical (unpaired) electrons. The van der Waals surface area contributed by atoms with Crippen LogP contribution in [0.3, 0.4) is 0 Å². The lowest BCUT2D eigenvalue weighted by Gasteiger charge is -2.10. The van der Waals surface area contributed by atoms with Crippen molar-refractivity contribution in [3.63, 3.8) is 0 Å². The monoisotopic (exact) mass is 405 g/mol. The third-order valence-electron chi connectivity index (χ3n) is 3.40. The lowest BCUT2D eigenvalue weighted by atomic mass is 10.1. The number of carbonyl (C=O) groups excluding carboxylic acids is 2. The molecule has 2 rings (SSSR count). The molecule has 0 saturated heterocycles. The number of halogens is 1. The number of aryl methyl sites for hydroxylation is 2. The minimum atomic E-state index is -0.480. The van der Waals surface area contributed by atoms with Crippen LogP contribution >= 0.6 is 15.9 Å². The van der Waals surface area contributed by atoms with Crippen LogP contribution < -0.4 is 10.1 Å². The summed E-state index contributed by atoms with van der Waals surface area (Å²) in [6, 6.07) is 13.1. The van der Waals surface area contributed by atoms with Crippen LogP contribution in [0, 0.1) is 13.8 Å². The minimum absolute atomic E-state index is 0.0727. The van der Waals surface area contributed by atoms with E-state index in [4.69, 9.17) is 9.47 Å². The number of carbonyl (C=O) groups is 2. The number of esters is 1. The van der Waals surface area contributed by atoms with Gasteiger partial charge in [0.1, 0.15) is 5.75 Å². The highest BCUT2D eigenvalue weighted by molar-refractivity contribution is 9.10. The highest BCUT2D eigenvalue weighted by atomic mass is 79.9. The Balaban J connectivity index is 1.70. The Kier molecular flexibility index (Phi) is 7.01. The summed E-state index contributed by atoms with van der Waals surface area (Å²) in [4.78, 5) is 23.6. The van der Waals surface area contributed by atoms with E-state index in [-0.39, 0.29) is 25.5 Å². The van der Waals surface area contributed by atoms with Crippen LogP contribution in [0.2, 0.25) is 0 Å². The predicted molar refractivity (Wildman–Crippen MR) is 99.8 cm³/mol. The van der Waals surface area contributed by atoms with E-state index in [2.05, 4.69) is 21.2 Å². The lowest BCUT2D eigenvalue weighted by molar-refractivity contribution is -0.147. The largest absolute Gasteiger partial charge is 0.493 e. The van der Waals surface area contributed by atoms with Crippen molar-refractivity contribution < 1.29 is 19.1 Å². The normalized spacial score (nSPS) is 10.2. The first kappa shape index (κ1) is 19.0. The summed E-state index contributed by atoms with van der Waals surface area (Å²) in [6.07, 6.45) is 0.0727. The van der Waals surface area contributed by atoms with E-state index in [9.17, 15) is 9.59 Å². The zero-order chi connectivity index (χ0) is 18.2. The molecular weight excluding hydrogens is 386 g/mol. The molecule has 2 aromatic rings. The van der Waals surface area contributed by atoms with Crippen LogP contribution in [0.4, 0.5) is 5.69 Å². The first-order valence-corrected chi connectivity index (χ1v) is 8.64. The fourth-order valence-corrected chi connectivity index (χ4v) is 2.46. The fraction of sp³-hybridized carbons (Fsp3) is 0.263. The van der Waals surface area contributed by atoms with Gasteiger partial charge in [0.15, 0.2) is 6.61 Å². The lowest BCUT2D eigenvalue weighted by Crippen LogP contribution is -2.22. The van der Waals surface area contributed by atoms with Crippen LogP contribution in [0.15, 0.2) is 46.9 Å². The van der Waals surface area contributed by atoms with Crippen molar-refractivity contribution in [2.75, 3.05) is 18.5 Å². The molecule has 6 heteroatoms. The second-order valence-corrected chi connectivity index (χ2v) is 6.50. The fourth-order valence-electron chi connectivity index (χ4n) is 2.08. The molecule has 0 aliphatic carbocycles. The van der Waals surface area contributed by atoms with Crippen molar-refractivity contribution in [1.82, 2.24) is 0 Å². The summed E-state index contributed by atoms with van der Waals surface area (Å²) in [7, 11) is 0. The SMILES string of the molecule is Cc1ccc(C)c(NC(=O)COC(=O)CCOc2cccc(Br)c2)c1. The molecule has 0 atom stereocenters.